The topological polar surface area (TPSA) is 302 Å². The van der Waals surface area contributed by atoms with Crippen molar-refractivity contribution in [3.8, 4) is 46.0 Å². The molecule has 0 saturated heterocycles. The highest BCUT2D eigenvalue weighted by molar-refractivity contribution is 7.93. The first-order valence-corrected chi connectivity index (χ1v) is 45.3. The van der Waals surface area contributed by atoms with Crippen molar-refractivity contribution in [2.75, 3.05) is 6.26 Å². The van der Waals surface area contributed by atoms with Crippen molar-refractivity contribution in [3.63, 3.8) is 0 Å². The van der Waals surface area contributed by atoms with Crippen LogP contribution >= 0.6 is 12.1 Å². The van der Waals surface area contributed by atoms with E-state index < -0.39 is 52.9 Å². The third kappa shape index (κ3) is 24.7. The predicted molar refractivity (Wildman–Crippen MR) is 528 cm³/mol. The molecule has 16 aromatic carbocycles. The van der Waals surface area contributed by atoms with Gasteiger partial charge in [0.1, 0.15) is 46.0 Å². The summed E-state index contributed by atoms with van der Waals surface area (Å²) >= 11 is 0.250. The van der Waals surface area contributed by atoms with E-state index in [1.165, 1.54) is 66.9 Å². The number of aromatic nitrogens is 8. The minimum atomic E-state index is -4.41. The summed E-state index contributed by atoms with van der Waals surface area (Å²) < 4.78 is 186. The number of alkyl halides is 12. The van der Waals surface area contributed by atoms with Gasteiger partial charge in [0.2, 0.25) is 0 Å². The van der Waals surface area contributed by atoms with Gasteiger partial charge >= 0.3 is 30.7 Å². The van der Waals surface area contributed by atoms with Crippen molar-refractivity contribution in [2.45, 2.75) is 76.6 Å². The third-order valence-electron chi connectivity index (χ3n) is 22.9. The van der Waals surface area contributed by atoms with Gasteiger partial charge in [0.25, 0.3) is 17.7 Å². The normalized spacial score (nSPS) is 12.3. The van der Waals surface area contributed by atoms with Crippen LogP contribution in [0.1, 0.15) is 138 Å². The van der Waals surface area contributed by atoms with E-state index in [-0.39, 0.29) is 82.6 Å². The molecular weight excluding hydrogens is 1900 g/mol. The third-order valence-corrected chi connectivity index (χ3v) is 22.9. The SMILES string of the molecule is CC(N)c1cccc2[nH]cnc12.CC(NC(=O)c1ccc2c(Oc3ccc(C(F)(F)F)cc3)cccc2c1)c1cccc2[nH]cnc12.CSF.C[C@@H](NC(=O)c1ccc2c(Oc3ccc(C(F)(F)F)cc3)cccc2c1)c1cccc2[nH]cnc12.C[C@H](NC(=O)c1ccc2c(Oc3ccc(C(F)(F)F)cc3)cccc2c1)c1cccc2[nH]cnc12.O=C(O)c1ccc2c(Oc3ccc(C(F)(F)F)cc3)cccc2c1. The number of aromatic amines is 4. The Kier molecular flexibility index (Phi) is 31.1. The molecule has 21 nitrogen and oxygen atoms in total. The number of nitrogens with zero attached hydrogens (tertiary/aromatic N) is 4. The van der Waals surface area contributed by atoms with Crippen LogP contribution in [-0.4, -0.2) is 74.9 Å². The van der Waals surface area contributed by atoms with Gasteiger partial charge in [0, 0.05) is 79.4 Å². The van der Waals surface area contributed by atoms with Gasteiger partial charge in [-0.05, 0) is 273 Å². The first-order valence-electron chi connectivity index (χ1n) is 44.2. The Morgan fingerprint density at radius 3 is 0.757 bits per heavy atom. The Hall–Kier alpha value is -17.1. The Balaban J connectivity index is 0.000000139. The first-order chi connectivity index (χ1) is 68.9. The molecule has 732 valence electrons. The molecule has 2 unspecified atom stereocenters. The molecule has 20 aromatic rings. The number of rotatable bonds is 19. The predicted octanol–water partition coefficient (Wildman–Crippen LogP) is 29.2. The molecule has 0 bridgehead atoms. The Morgan fingerprint density at radius 2 is 0.528 bits per heavy atom. The molecule has 35 heteroatoms. The van der Waals surface area contributed by atoms with Crippen molar-refractivity contribution in [1.82, 2.24) is 55.8 Å². The highest BCUT2D eigenvalue weighted by Crippen LogP contribution is 2.42. The van der Waals surface area contributed by atoms with Crippen molar-refractivity contribution in [1.29, 1.82) is 0 Å². The molecule has 3 amide bonds. The van der Waals surface area contributed by atoms with E-state index >= 15 is 0 Å². The van der Waals surface area contributed by atoms with Gasteiger partial charge in [-0.3, -0.25) is 14.4 Å². The summed E-state index contributed by atoms with van der Waals surface area (Å²) in [6, 6.07) is 81.8. The van der Waals surface area contributed by atoms with Crippen molar-refractivity contribution < 1.29 is 99.8 Å². The van der Waals surface area contributed by atoms with Crippen LogP contribution in [0.5, 0.6) is 46.0 Å². The molecule has 0 aliphatic carbocycles. The van der Waals surface area contributed by atoms with Crippen LogP contribution in [0.2, 0.25) is 0 Å². The second kappa shape index (κ2) is 44.2. The number of para-hydroxylation sites is 4. The molecule has 0 saturated carbocycles. The van der Waals surface area contributed by atoms with Crippen LogP contribution in [0.15, 0.2) is 341 Å². The largest absolute Gasteiger partial charge is 0.478 e. The van der Waals surface area contributed by atoms with Crippen LogP contribution in [0.25, 0.3) is 87.2 Å². The number of carboxylic acids is 1. The molecule has 144 heavy (non-hydrogen) atoms. The summed E-state index contributed by atoms with van der Waals surface area (Å²) in [4.78, 5) is 79.4. The fourth-order valence-electron chi connectivity index (χ4n) is 15.7. The van der Waals surface area contributed by atoms with E-state index in [0.29, 0.717) is 50.5 Å². The molecule has 4 heterocycles. The number of imidazole rings is 4. The number of fused-ring (bicyclic) bond motifs is 8. The smallest absolute Gasteiger partial charge is 0.416 e. The quantitative estimate of drug-likeness (QED) is 0.0340. The number of halogens is 13. The Bertz CT molecular complexity index is 7420. The van der Waals surface area contributed by atoms with E-state index in [9.17, 15) is 75.7 Å². The second-order valence-electron chi connectivity index (χ2n) is 32.7. The maximum atomic E-state index is 13.0. The monoisotopic (exact) mass is 1980 g/mol. The summed E-state index contributed by atoms with van der Waals surface area (Å²) in [5, 5.41) is 23.9. The number of benzene rings is 16. The number of carbonyl (C=O) groups excluding carboxylic acids is 3. The summed E-state index contributed by atoms with van der Waals surface area (Å²) in [6.45, 7) is 7.67. The molecule has 0 aliphatic heterocycles. The van der Waals surface area contributed by atoms with Crippen LogP contribution < -0.4 is 40.6 Å². The number of hydrogen-bond acceptors (Lipinski definition) is 14. The van der Waals surface area contributed by atoms with Crippen molar-refractivity contribution in [3.05, 3.63) is 408 Å². The number of amides is 3. The van der Waals surface area contributed by atoms with E-state index in [2.05, 4.69) is 55.8 Å². The number of H-pyrrole nitrogens is 4. The molecule has 0 aliphatic rings. The summed E-state index contributed by atoms with van der Waals surface area (Å²) in [6.07, 6.45) is -9.68. The molecule has 20 rings (SSSR count). The molecule has 0 radical (unpaired) electrons. The summed E-state index contributed by atoms with van der Waals surface area (Å²) in [7, 11) is 0. The average molecular weight is 1990 g/mol. The molecule has 0 fully saturated rings. The Labute approximate surface area is 816 Å². The first kappa shape index (κ1) is 101. The van der Waals surface area contributed by atoms with E-state index in [0.717, 1.165) is 147 Å². The second-order valence-corrected chi connectivity index (χ2v) is 33.0. The number of aromatic carboxylic acids is 1. The number of nitrogens with one attached hydrogen (secondary N) is 7. The van der Waals surface area contributed by atoms with Crippen LogP contribution in [0.3, 0.4) is 0 Å². The molecular formula is C109H85F13N12O9S. The Morgan fingerprint density at radius 1 is 0.312 bits per heavy atom. The minimum absolute atomic E-state index is 0.0389. The van der Waals surface area contributed by atoms with E-state index in [1.807, 2.05) is 119 Å². The zero-order valence-electron chi connectivity index (χ0n) is 76.5. The number of hydrogen-bond donors (Lipinski definition) is 9. The van der Waals surface area contributed by atoms with Gasteiger partial charge < -0.3 is 65.7 Å². The number of carbonyl (C=O) groups is 4. The van der Waals surface area contributed by atoms with Crippen LogP contribution in [0.4, 0.5) is 56.6 Å². The maximum absolute atomic E-state index is 13.0. The lowest BCUT2D eigenvalue weighted by Gasteiger charge is -2.16. The summed E-state index contributed by atoms with van der Waals surface area (Å²) in [5.74, 6) is 1.25. The van der Waals surface area contributed by atoms with Crippen molar-refractivity contribution in [2.24, 2.45) is 5.73 Å². The van der Waals surface area contributed by atoms with Gasteiger partial charge in [-0.15, -0.1) is 0 Å². The molecule has 0 spiro atoms. The molecule has 4 atom stereocenters. The molecule has 4 aromatic heterocycles. The number of ether oxygens (including phenoxy) is 4. The standard InChI is InChI=1S/3C27H20F3N3O2.C18H11F3O3.C9H11N3.CH3FS/c3*1-16(21-5-3-6-23-25(21)32-15-31-23)33-26(34)18-8-13-22-17(14-18)4-2-7-24(22)35-20-11-9-19(10-12-20)27(28,29)30;19-18(20,21)13-5-7-14(8-6-13)24-16-3-1-2-11-10-12(17(22)23)4-9-15(11)16;1-6(10)7-3-2-4-8-9(7)12-5-11-8;1-3-2/h3*2-16H,1H3,(H,31,32)(H,33,34);1-10H,(H,22,23);2-6H,10H2,1H3,(H,11,12);1H3/t2*16-;;;;/m10..../s1. The van der Waals surface area contributed by atoms with Crippen molar-refractivity contribution >= 4 is 123 Å². The summed E-state index contributed by atoms with van der Waals surface area (Å²) in [5.41, 5.74) is 15.4. The highest BCUT2D eigenvalue weighted by atomic mass is 32.2. The van der Waals surface area contributed by atoms with E-state index in [4.69, 9.17) is 29.8 Å². The highest BCUT2D eigenvalue weighted by Gasteiger charge is 2.34. The number of carboxylic acid groups (broad SMARTS) is 1. The fourth-order valence-corrected chi connectivity index (χ4v) is 15.7. The maximum Gasteiger partial charge on any atom is 0.416 e. The van der Waals surface area contributed by atoms with Gasteiger partial charge in [0.15, 0.2) is 0 Å². The minimum Gasteiger partial charge on any atom is -0.478 e. The average Bonchev–Trinajstić information content (AvgIpc) is 0.999. The van der Waals surface area contributed by atoms with Gasteiger partial charge in [0.05, 0.1) is 115 Å². The van der Waals surface area contributed by atoms with Crippen LogP contribution in [0, 0.1) is 0 Å². The van der Waals surface area contributed by atoms with Crippen LogP contribution in [-0.2, 0) is 24.7 Å². The van der Waals surface area contributed by atoms with Gasteiger partial charge in [-0.1, -0.05) is 97.1 Å². The number of nitrogens with two attached hydrogens (primary N) is 1. The van der Waals surface area contributed by atoms with Gasteiger partial charge in [-0.25, -0.2) is 24.7 Å². The lowest BCUT2D eigenvalue weighted by molar-refractivity contribution is -0.138. The fraction of sp³-hybridized carbons (Fsp3) is 0.119. The zero-order valence-corrected chi connectivity index (χ0v) is 77.4. The lowest BCUT2D eigenvalue weighted by atomic mass is 10.0. The van der Waals surface area contributed by atoms with Gasteiger partial charge in [-0.2, -0.15) is 56.6 Å². The van der Waals surface area contributed by atoms with E-state index in [1.54, 1.807) is 141 Å². The zero-order chi connectivity index (χ0) is 102. The molecule has 10 N–H and O–H groups in total. The lowest BCUT2D eigenvalue weighted by Crippen LogP contribution is -2.26.